The summed E-state index contributed by atoms with van der Waals surface area (Å²) in [6, 6.07) is 9.88. The van der Waals surface area contributed by atoms with Gasteiger partial charge in [-0.2, -0.15) is 0 Å². The van der Waals surface area contributed by atoms with Crippen molar-refractivity contribution < 1.29 is 37.3 Å². The zero-order valence-corrected chi connectivity index (χ0v) is 41.9. The fourth-order valence-electron chi connectivity index (χ4n) is 7.80. The van der Waals surface area contributed by atoms with Crippen molar-refractivity contribution in [3.05, 3.63) is 35.9 Å². The van der Waals surface area contributed by atoms with E-state index in [1.54, 1.807) is 0 Å². The quantitative estimate of drug-likeness (QED) is 0.0298. The SMILES string of the molecule is CCCCCCCCCCCCCCCCOCC(CNCCCCCCCCCCCCCCCCCCCCC(=O)OCc1ccccc1)OP(=O)([O-])OCC[N+](C)(C)C. The number of phosphoric acid groups is 1. The molecule has 0 saturated heterocycles. The molecule has 0 bridgehead atoms. The van der Waals surface area contributed by atoms with E-state index in [1.807, 2.05) is 51.5 Å². The van der Waals surface area contributed by atoms with Crippen LogP contribution in [0.5, 0.6) is 0 Å². The predicted molar refractivity (Wildman–Crippen MR) is 259 cm³/mol. The zero-order valence-electron chi connectivity index (χ0n) is 41.0. The number of benzene rings is 1. The van der Waals surface area contributed by atoms with Crippen LogP contribution in [-0.4, -0.2) is 77.2 Å². The third-order valence-corrected chi connectivity index (χ3v) is 12.9. The van der Waals surface area contributed by atoms with Crippen molar-refractivity contribution in [2.75, 3.05) is 60.6 Å². The molecule has 1 N–H and O–H groups in total. The Bertz CT molecular complexity index is 1150. The number of likely N-dealkylation sites (N-methyl/N-ethyl adjacent to an activating group) is 1. The first-order valence-corrected chi connectivity index (χ1v) is 27.5. The summed E-state index contributed by atoms with van der Waals surface area (Å²) < 4.78 is 35.3. The minimum atomic E-state index is -4.42. The van der Waals surface area contributed by atoms with Crippen LogP contribution in [0.25, 0.3) is 0 Å². The lowest BCUT2D eigenvalue weighted by atomic mass is 10.0. The van der Waals surface area contributed by atoms with Crippen molar-refractivity contribution in [1.29, 1.82) is 0 Å². The summed E-state index contributed by atoms with van der Waals surface area (Å²) in [5.41, 5.74) is 1.04. The summed E-state index contributed by atoms with van der Waals surface area (Å²) in [4.78, 5) is 24.6. The van der Waals surface area contributed by atoms with E-state index < -0.39 is 13.9 Å². The van der Waals surface area contributed by atoms with Gasteiger partial charge in [0.15, 0.2) is 0 Å². The first-order chi connectivity index (χ1) is 30.1. The third kappa shape index (κ3) is 42.6. The summed E-state index contributed by atoms with van der Waals surface area (Å²) in [5, 5.41) is 3.42. The van der Waals surface area contributed by atoms with Crippen LogP contribution >= 0.6 is 7.82 Å². The molecular formula is C52H99N2O7P. The number of nitrogens with zero attached hydrogens (tertiary/aromatic N) is 1. The monoisotopic (exact) mass is 895 g/mol. The Hall–Kier alpha value is -1.32. The Kier molecular flexibility index (Phi) is 40.1. The molecule has 0 heterocycles. The first kappa shape index (κ1) is 58.7. The number of carbonyl (C=O) groups excluding carboxylic acids is 1. The van der Waals surface area contributed by atoms with Crippen molar-refractivity contribution >= 4 is 13.8 Å². The lowest BCUT2D eigenvalue weighted by Gasteiger charge is -2.30. The number of ether oxygens (including phenoxy) is 2. The average molecular weight is 895 g/mol. The molecule has 10 heteroatoms. The van der Waals surface area contributed by atoms with E-state index in [1.165, 1.54) is 173 Å². The minimum Gasteiger partial charge on any atom is -0.756 e. The molecular weight excluding hydrogens is 796 g/mol. The second-order valence-corrected chi connectivity index (χ2v) is 20.5. The molecule has 0 amide bonds. The maximum Gasteiger partial charge on any atom is 0.306 e. The number of nitrogens with one attached hydrogen (secondary N) is 1. The number of rotatable bonds is 48. The van der Waals surface area contributed by atoms with Crippen LogP contribution in [0.3, 0.4) is 0 Å². The van der Waals surface area contributed by atoms with Crippen LogP contribution < -0.4 is 10.2 Å². The molecule has 0 fully saturated rings. The number of esters is 1. The number of carbonyl (C=O) groups is 1. The van der Waals surface area contributed by atoms with E-state index >= 15 is 0 Å². The van der Waals surface area contributed by atoms with Gasteiger partial charge in [-0.05, 0) is 31.4 Å². The van der Waals surface area contributed by atoms with Crippen molar-refractivity contribution in [1.82, 2.24) is 5.32 Å². The Labute approximate surface area is 383 Å². The van der Waals surface area contributed by atoms with Crippen LogP contribution in [0.4, 0.5) is 0 Å². The number of hydrogen-bond donors (Lipinski definition) is 1. The Balaban J connectivity index is 2.00. The number of phosphoric ester groups is 1. The molecule has 0 aliphatic rings. The summed E-state index contributed by atoms with van der Waals surface area (Å²) in [6.45, 7) is 5.49. The molecule has 364 valence electrons. The molecule has 0 aromatic heterocycles. The van der Waals surface area contributed by atoms with Gasteiger partial charge in [0, 0.05) is 19.6 Å². The second kappa shape index (κ2) is 42.3. The Morgan fingerprint density at radius 2 is 1.05 bits per heavy atom. The zero-order chi connectivity index (χ0) is 45.1. The van der Waals surface area contributed by atoms with Gasteiger partial charge in [0.25, 0.3) is 7.82 Å². The molecule has 0 saturated carbocycles. The van der Waals surface area contributed by atoms with Gasteiger partial charge >= 0.3 is 5.97 Å². The van der Waals surface area contributed by atoms with Gasteiger partial charge in [0.05, 0.1) is 27.7 Å². The lowest BCUT2D eigenvalue weighted by molar-refractivity contribution is -0.870. The summed E-state index contributed by atoms with van der Waals surface area (Å²) in [5.74, 6) is -0.0792. The van der Waals surface area contributed by atoms with Crippen LogP contribution in [-0.2, 0) is 34.5 Å². The fourth-order valence-corrected chi connectivity index (χ4v) is 8.67. The highest BCUT2D eigenvalue weighted by atomic mass is 31.2. The van der Waals surface area contributed by atoms with E-state index in [2.05, 4.69) is 12.2 Å². The summed E-state index contributed by atoms with van der Waals surface area (Å²) in [7, 11) is 1.60. The number of quaternary nitrogens is 1. The van der Waals surface area contributed by atoms with E-state index in [9.17, 15) is 14.3 Å². The van der Waals surface area contributed by atoms with Crippen LogP contribution in [0, 0.1) is 0 Å². The summed E-state index contributed by atoms with van der Waals surface area (Å²) in [6.07, 6.45) is 41.2. The van der Waals surface area contributed by atoms with E-state index in [0.29, 0.717) is 37.2 Å². The van der Waals surface area contributed by atoms with Gasteiger partial charge in [0.2, 0.25) is 0 Å². The van der Waals surface area contributed by atoms with Gasteiger partial charge < -0.3 is 33.2 Å². The lowest BCUT2D eigenvalue weighted by Crippen LogP contribution is -2.38. The van der Waals surface area contributed by atoms with Crippen LogP contribution in [0.2, 0.25) is 0 Å². The molecule has 2 unspecified atom stereocenters. The maximum atomic E-state index is 12.7. The minimum absolute atomic E-state index is 0.0792. The molecule has 0 spiro atoms. The van der Waals surface area contributed by atoms with Crippen molar-refractivity contribution in [3.8, 4) is 0 Å². The van der Waals surface area contributed by atoms with Gasteiger partial charge in [-0.25, -0.2) is 0 Å². The highest BCUT2D eigenvalue weighted by Crippen LogP contribution is 2.39. The molecule has 2 atom stereocenters. The maximum absolute atomic E-state index is 12.7. The predicted octanol–water partition coefficient (Wildman–Crippen LogP) is 13.8. The van der Waals surface area contributed by atoms with Crippen molar-refractivity contribution in [2.45, 2.75) is 232 Å². The molecule has 0 radical (unpaired) electrons. The topological polar surface area (TPSA) is 106 Å². The molecule has 62 heavy (non-hydrogen) atoms. The summed E-state index contributed by atoms with van der Waals surface area (Å²) >= 11 is 0. The number of hydrogen-bond acceptors (Lipinski definition) is 8. The Morgan fingerprint density at radius 3 is 1.52 bits per heavy atom. The molecule has 0 aliphatic heterocycles. The largest absolute Gasteiger partial charge is 0.756 e. The van der Waals surface area contributed by atoms with Crippen molar-refractivity contribution in [2.24, 2.45) is 0 Å². The van der Waals surface area contributed by atoms with E-state index in [4.69, 9.17) is 18.5 Å². The van der Waals surface area contributed by atoms with E-state index in [-0.39, 0.29) is 19.2 Å². The second-order valence-electron chi connectivity index (χ2n) is 19.2. The number of unbranched alkanes of at least 4 members (excludes halogenated alkanes) is 30. The fraction of sp³-hybridized carbons (Fsp3) is 0.865. The molecule has 1 aromatic carbocycles. The average Bonchev–Trinajstić information content (AvgIpc) is 3.24. The van der Waals surface area contributed by atoms with Gasteiger partial charge in [0.1, 0.15) is 25.9 Å². The van der Waals surface area contributed by atoms with Gasteiger partial charge in [-0.3, -0.25) is 9.36 Å². The molecule has 1 rings (SSSR count). The normalized spacial score (nSPS) is 13.4. The van der Waals surface area contributed by atoms with Gasteiger partial charge in [-0.1, -0.05) is 223 Å². The smallest absolute Gasteiger partial charge is 0.306 e. The van der Waals surface area contributed by atoms with Crippen LogP contribution in [0.15, 0.2) is 30.3 Å². The third-order valence-electron chi connectivity index (χ3n) is 11.8. The van der Waals surface area contributed by atoms with Gasteiger partial charge in [-0.15, -0.1) is 0 Å². The standard InChI is InChI=1S/C52H99N2O7P/c1-5-6-7-8-9-10-11-12-21-24-27-30-33-39-45-58-49-51(61-62(56,57)60-46-44-54(2,3)4)47-53-43-38-32-29-26-23-20-18-16-14-13-15-17-19-22-25-28-31-37-42-52(55)59-48-50-40-35-34-36-41-50/h34-36,40-41,51,53H,5-33,37-39,42-49H2,1-4H3. The van der Waals surface area contributed by atoms with Crippen molar-refractivity contribution in [3.63, 3.8) is 0 Å². The molecule has 0 aliphatic carbocycles. The highest BCUT2D eigenvalue weighted by molar-refractivity contribution is 7.45. The molecule has 1 aromatic rings. The molecule has 9 nitrogen and oxygen atoms in total. The van der Waals surface area contributed by atoms with E-state index in [0.717, 1.165) is 44.2 Å². The highest BCUT2D eigenvalue weighted by Gasteiger charge is 2.20. The first-order valence-electron chi connectivity index (χ1n) is 26.0. The Morgan fingerprint density at radius 1 is 0.613 bits per heavy atom. The van der Waals surface area contributed by atoms with Crippen LogP contribution in [0.1, 0.15) is 224 Å².